The van der Waals surface area contributed by atoms with Gasteiger partial charge in [-0.15, -0.1) is 5.10 Å². The lowest BCUT2D eigenvalue weighted by molar-refractivity contribution is -0.142. The molecule has 36 heavy (non-hydrogen) atoms. The molecule has 0 radical (unpaired) electrons. The summed E-state index contributed by atoms with van der Waals surface area (Å²) in [6.07, 6.45) is -1.20. The predicted octanol–water partition coefficient (Wildman–Crippen LogP) is 4.19. The van der Waals surface area contributed by atoms with Crippen LogP contribution in [0.5, 0.6) is 11.5 Å². The quantitative estimate of drug-likeness (QED) is 0.394. The van der Waals surface area contributed by atoms with Gasteiger partial charge >= 0.3 is 6.18 Å². The molecule has 1 aliphatic rings. The molecule has 1 aromatic carbocycles. The SMILES string of the molecule is Cc1cc(C(=O)Nc2cccc(Oc3ccc4nc(NC(=O)C5CC5)nn4c3)c2)n(CC(F)(F)F)n1. The van der Waals surface area contributed by atoms with Crippen molar-refractivity contribution in [3.8, 4) is 11.5 Å². The Kier molecular flexibility index (Phi) is 5.82. The predicted molar refractivity (Wildman–Crippen MR) is 122 cm³/mol. The number of carbonyl (C=O) groups excluding carboxylic acids is 2. The van der Waals surface area contributed by atoms with E-state index in [1.165, 1.54) is 23.6 Å². The summed E-state index contributed by atoms with van der Waals surface area (Å²) < 4.78 is 46.4. The molecule has 1 saturated carbocycles. The van der Waals surface area contributed by atoms with Gasteiger partial charge in [0.1, 0.15) is 23.7 Å². The highest BCUT2D eigenvalue weighted by Crippen LogP contribution is 2.30. The Bertz CT molecular complexity index is 1460. The first-order chi connectivity index (χ1) is 17.1. The molecule has 0 aliphatic heterocycles. The third kappa shape index (κ3) is 5.45. The summed E-state index contributed by atoms with van der Waals surface area (Å²) in [6.45, 7) is 0.136. The molecule has 2 amide bonds. The van der Waals surface area contributed by atoms with Crippen LogP contribution >= 0.6 is 0 Å². The average molecular weight is 499 g/mol. The third-order valence-electron chi connectivity index (χ3n) is 5.28. The van der Waals surface area contributed by atoms with Crippen molar-refractivity contribution in [3.63, 3.8) is 0 Å². The highest BCUT2D eigenvalue weighted by molar-refractivity contribution is 6.03. The molecule has 186 valence electrons. The fourth-order valence-electron chi connectivity index (χ4n) is 3.52. The van der Waals surface area contributed by atoms with Crippen molar-refractivity contribution in [2.45, 2.75) is 32.5 Å². The molecule has 3 aromatic heterocycles. The smallest absolute Gasteiger partial charge is 0.408 e. The fourth-order valence-corrected chi connectivity index (χ4v) is 3.52. The number of aryl methyl sites for hydroxylation is 1. The van der Waals surface area contributed by atoms with E-state index in [2.05, 4.69) is 25.8 Å². The largest absolute Gasteiger partial charge is 0.456 e. The van der Waals surface area contributed by atoms with E-state index < -0.39 is 18.6 Å². The number of carbonyl (C=O) groups is 2. The van der Waals surface area contributed by atoms with Crippen LogP contribution in [0.4, 0.5) is 24.8 Å². The molecule has 0 bridgehead atoms. The molecule has 2 N–H and O–H groups in total. The molecular formula is C23H20F3N7O3. The Hall–Kier alpha value is -4.42. The van der Waals surface area contributed by atoms with Gasteiger partial charge in [-0.25, -0.2) is 4.52 Å². The first-order valence-electron chi connectivity index (χ1n) is 11.0. The first-order valence-corrected chi connectivity index (χ1v) is 11.0. The molecular weight excluding hydrogens is 479 g/mol. The van der Waals surface area contributed by atoms with Crippen molar-refractivity contribution >= 4 is 29.1 Å². The first kappa shape index (κ1) is 23.3. The normalized spacial score (nSPS) is 13.6. The number of amides is 2. The Morgan fingerprint density at radius 3 is 2.64 bits per heavy atom. The third-order valence-corrected chi connectivity index (χ3v) is 5.28. The molecule has 0 unspecified atom stereocenters. The number of nitrogens with zero attached hydrogens (tertiary/aromatic N) is 5. The van der Waals surface area contributed by atoms with Gasteiger partial charge in [-0.1, -0.05) is 6.07 Å². The van der Waals surface area contributed by atoms with Crippen molar-refractivity contribution in [1.82, 2.24) is 24.4 Å². The minimum Gasteiger partial charge on any atom is -0.456 e. The maximum atomic E-state index is 12.8. The number of rotatable bonds is 7. The zero-order valence-corrected chi connectivity index (χ0v) is 18.9. The van der Waals surface area contributed by atoms with Crippen molar-refractivity contribution < 1.29 is 27.5 Å². The zero-order chi connectivity index (χ0) is 25.4. The van der Waals surface area contributed by atoms with Gasteiger partial charge in [-0.05, 0) is 50.1 Å². The van der Waals surface area contributed by atoms with Crippen LogP contribution in [0, 0.1) is 12.8 Å². The average Bonchev–Trinajstić information content (AvgIpc) is 3.48. The fraction of sp³-hybridized carbons (Fsp3) is 0.261. The maximum Gasteiger partial charge on any atom is 0.408 e. The van der Waals surface area contributed by atoms with Gasteiger partial charge in [0.2, 0.25) is 11.9 Å². The van der Waals surface area contributed by atoms with E-state index in [1.54, 1.807) is 36.5 Å². The number of aromatic nitrogens is 5. The van der Waals surface area contributed by atoms with Gasteiger partial charge < -0.3 is 10.1 Å². The molecule has 1 fully saturated rings. The number of alkyl halides is 3. The number of ether oxygens (including phenoxy) is 1. The van der Waals surface area contributed by atoms with E-state index in [4.69, 9.17) is 4.74 Å². The minimum absolute atomic E-state index is 0.0255. The second-order valence-electron chi connectivity index (χ2n) is 8.39. The van der Waals surface area contributed by atoms with Gasteiger partial charge in [0, 0.05) is 17.7 Å². The maximum absolute atomic E-state index is 12.8. The second kappa shape index (κ2) is 8.98. The van der Waals surface area contributed by atoms with Gasteiger partial charge in [0.05, 0.1) is 11.9 Å². The van der Waals surface area contributed by atoms with Crippen LogP contribution in [0.1, 0.15) is 29.0 Å². The summed E-state index contributed by atoms with van der Waals surface area (Å²) in [7, 11) is 0. The Morgan fingerprint density at radius 2 is 1.89 bits per heavy atom. The van der Waals surface area contributed by atoms with Gasteiger partial charge in [0.15, 0.2) is 5.65 Å². The summed E-state index contributed by atoms with van der Waals surface area (Å²) in [4.78, 5) is 28.8. The molecule has 13 heteroatoms. The summed E-state index contributed by atoms with van der Waals surface area (Å²) in [5.74, 6) is 0.176. The lowest BCUT2D eigenvalue weighted by atomic mass is 10.2. The van der Waals surface area contributed by atoms with Crippen LogP contribution in [0.25, 0.3) is 5.65 Å². The van der Waals surface area contributed by atoms with Crippen LogP contribution < -0.4 is 15.4 Å². The molecule has 0 saturated heterocycles. The van der Waals surface area contributed by atoms with Gasteiger partial charge in [0.25, 0.3) is 5.91 Å². The van der Waals surface area contributed by atoms with Crippen LogP contribution in [0.2, 0.25) is 0 Å². The van der Waals surface area contributed by atoms with Crippen molar-refractivity contribution in [1.29, 1.82) is 0 Å². The van der Waals surface area contributed by atoms with Crippen molar-refractivity contribution in [2.75, 3.05) is 10.6 Å². The zero-order valence-electron chi connectivity index (χ0n) is 18.9. The van der Waals surface area contributed by atoms with Crippen LogP contribution in [-0.2, 0) is 11.3 Å². The number of pyridine rings is 1. The van der Waals surface area contributed by atoms with Gasteiger partial charge in [-0.2, -0.15) is 23.3 Å². The molecule has 0 spiro atoms. The summed E-state index contributed by atoms with van der Waals surface area (Å²) in [5, 5.41) is 13.3. The molecule has 4 aromatic rings. The molecule has 1 aliphatic carbocycles. The molecule has 0 atom stereocenters. The lowest BCUT2D eigenvalue weighted by Crippen LogP contribution is -2.24. The second-order valence-corrected chi connectivity index (χ2v) is 8.39. The van der Waals surface area contributed by atoms with E-state index in [0.717, 1.165) is 12.8 Å². The number of benzene rings is 1. The number of hydrogen-bond acceptors (Lipinski definition) is 6. The topological polar surface area (TPSA) is 115 Å². The number of anilines is 2. The van der Waals surface area contributed by atoms with E-state index >= 15 is 0 Å². The Labute approximate surface area is 202 Å². The monoisotopic (exact) mass is 499 g/mol. The minimum atomic E-state index is -4.52. The summed E-state index contributed by atoms with van der Waals surface area (Å²) in [6, 6.07) is 11.0. The number of nitrogens with one attached hydrogen (secondary N) is 2. The van der Waals surface area contributed by atoms with E-state index in [1.807, 2.05) is 0 Å². The molecule has 5 rings (SSSR count). The van der Waals surface area contributed by atoms with E-state index in [9.17, 15) is 22.8 Å². The van der Waals surface area contributed by atoms with Gasteiger partial charge in [-0.3, -0.25) is 19.6 Å². The standard InChI is InChI=1S/C23H20F3N7O3/c1-13-9-18(33(30-13)12-23(24,25)26)21(35)27-15-3-2-4-16(10-15)36-17-7-8-19-28-22(31-32(19)11-17)29-20(34)14-5-6-14/h2-4,7-11,14H,5-6,12H2,1H3,(H,27,35)(H,29,31,34). The number of halogens is 3. The number of hydrogen-bond donors (Lipinski definition) is 2. The Morgan fingerprint density at radius 1 is 1.08 bits per heavy atom. The van der Waals surface area contributed by atoms with Crippen molar-refractivity contribution in [2.24, 2.45) is 5.92 Å². The summed E-state index contributed by atoms with van der Waals surface area (Å²) in [5.41, 5.74) is 0.916. The molecule has 3 heterocycles. The highest BCUT2D eigenvalue weighted by Gasteiger charge is 2.31. The summed E-state index contributed by atoms with van der Waals surface area (Å²) >= 11 is 0. The van der Waals surface area contributed by atoms with Crippen LogP contribution in [0.15, 0.2) is 48.7 Å². The van der Waals surface area contributed by atoms with Crippen molar-refractivity contribution in [3.05, 3.63) is 60.0 Å². The Balaban J connectivity index is 1.28. The van der Waals surface area contributed by atoms with Crippen LogP contribution in [-0.4, -0.2) is 42.4 Å². The lowest BCUT2D eigenvalue weighted by Gasteiger charge is -2.11. The highest BCUT2D eigenvalue weighted by atomic mass is 19.4. The number of fused-ring (bicyclic) bond motifs is 1. The van der Waals surface area contributed by atoms with Crippen LogP contribution in [0.3, 0.4) is 0 Å². The molecule has 10 nitrogen and oxygen atoms in total. The van der Waals surface area contributed by atoms with E-state index in [-0.39, 0.29) is 23.5 Å². The van der Waals surface area contributed by atoms with E-state index in [0.29, 0.717) is 33.2 Å².